The summed E-state index contributed by atoms with van der Waals surface area (Å²) in [5.74, 6) is 6.29. The Kier molecular flexibility index (Phi) is 9.67. The first-order valence-corrected chi connectivity index (χ1v) is 13.4. The van der Waals surface area contributed by atoms with Crippen LogP contribution in [-0.2, 0) is 20.8 Å². The van der Waals surface area contributed by atoms with Crippen molar-refractivity contribution in [3.8, 4) is 0 Å². The van der Waals surface area contributed by atoms with Gasteiger partial charge in [0.15, 0.2) is 0 Å². The molecule has 2 N–H and O–H groups in total. The molecule has 39 heavy (non-hydrogen) atoms. The number of nitrogens with zero attached hydrogens (tertiary/aromatic N) is 4. The zero-order valence-electron chi connectivity index (χ0n) is 22.7. The molecule has 208 valence electrons. The first kappa shape index (κ1) is 28.3. The Morgan fingerprint density at radius 1 is 1.08 bits per heavy atom. The van der Waals surface area contributed by atoms with E-state index in [4.69, 9.17) is 20.3 Å². The summed E-state index contributed by atoms with van der Waals surface area (Å²) >= 11 is 0. The number of para-hydroxylation sites is 2. The Labute approximate surface area is 228 Å². The number of fused-ring (bicyclic) bond motifs is 1. The summed E-state index contributed by atoms with van der Waals surface area (Å²) < 4.78 is 12.3. The molecular weight excluding hydrogens is 498 g/mol. The highest BCUT2D eigenvalue weighted by Gasteiger charge is 2.28. The van der Waals surface area contributed by atoms with Crippen LogP contribution in [0.1, 0.15) is 64.6 Å². The molecule has 2 amide bonds. The zero-order chi connectivity index (χ0) is 27.8. The molecule has 1 fully saturated rings. The third-order valence-corrected chi connectivity index (χ3v) is 7.13. The highest BCUT2D eigenvalue weighted by molar-refractivity contribution is 5.97. The number of carbonyl (C=O) groups is 3. The van der Waals surface area contributed by atoms with Crippen LogP contribution in [-0.4, -0.2) is 77.7 Å². The summed E-state index contributed by atoms with van der Waals surface area (Å²) in [4.78, 5) is 44.5. The van der Waals surface area contributed by atoms with Crippen LogP contribution in [0.5, 0.6) is 0 Å². The Balaban J connectivity index is 1.34. The lowest BCUT2D eigenvalue weighted by atomic mass is 9.96. The van der Waals surface area contributed by atoms with Crippen LogP contribution in [0.2, 0.25) is 0 Å². The number of ether oxygens (including phenoxy) is 2. The number of imidazole rings is 1. The summed E-state index contributed by atoms with van der Waals surface area (Å²) in [6.07, 6.45) is 3.51. The molecule has 4 rings (SSSR count). The van der Waals surface area contributed by atoms with Gasteiger partial charge in [-0.25, -0.2) is 15.6 Å². The van der Waals surface area contributed by atoms with Gasteiger partial charge in [0.25, 0.3) is 5.91 Å². The van der Waals surface area contributed by atoms with Crippen molar-refractivity contribution in [3.63, 3.8) is 0 Å². The van der Waals surface area contributed by atoms with Gasteiger partial charge >= 0.3 is 5.97 Å². The molecule has 0 radical (unpaired) electrons. The van der Waals surface area contributed by atoms with Gasteiger partial charge in [-0.3, -0.25) is 14.6 Å². The SMILES string of the molecule is COCCCn1c(C2CCCN(C(=O)CCCN(N)C(=O)c3cccc(C(=O)OC)c3)C2)nc2ccccc21. The molecule has 1 unspecified atom stereocenters. The molecule has 1 aliphatic heterocycles. The number of aromatic nitrogens is 2. The van der Waals surface area contributed by atoms with Gasteiger partial charge in [0, 0.05) is 57.8 Å². The fraction of sp³-hybridized carbons (Fsp3) is 0.448. The van der Waals surface area contributed by atoms with E-state index in [1.54, 1.807) is 25.3 Å². The van der Waals surface area contributed by atoms with E-state index >= 15 is 0 Å². The first-order valence-electron chi connectivity index (χ1n) is 13.4. The van der Waals surface area contributed by atoms with Crippen LogP contribution in [0.4, 0.5) is 0 Å². The molecule has 10 heteroatoms. The van der Waals surface area contributed by atoms with Gasteiger partial charge in [-0.05, 0) is 56.0 Å². The highest BCUT2D eigenvalue weighted by Crippen LogP contribution is 2.30. The van der Waals surface area contributed by atoms with E-state index in [0.29, 0.717) is 38.1 Å². The number of piperidine rings is 1. The van der Waals surface area contributed by atoms with Crippen LogP contribution in [0, 0.1) is 0 Å². The molecule has 0 saturated carbocycles. The van der Waals surface area contributed by atoms with Crippen LogP contribution >= 0.6 is 0 Å². The maximum atomic E-state index is 13.1. The fourth-order valence-electron chi connectivity index (χ4n) is 5.15. The number of esters is 1. The molecule has 0 aliphatic carbocycles. The molecule has 0 spiro atoms. The van der Waals surface area contributed by atoms with Gasteiger partial charge in [-0.2, -0.15) is 0 Å². The lowest BCUT2D eigenvalue weighted by Crippen LogP contribution is -2.41. The van der Waals surface area contributed by atoms with E-state index in [9.17, 15) is 14.4 Å². The Hall–Kier alpha value is -3.76. The Bertz CT molecular complexity index is 1310. The van der Waals surface area contributed by atoms with Crippen molar-refractivity contribution in [2.24, 2.45) is 5.84 Å². The number of rotatable bonds is 11. The van der Waals surface area contributed by atoms with Crippen molar-refractivity contribution < 1.29 is 23.9 Å². The van der Waals surface area contributed by atoms with E-state index in [0.717, 1.165) is 47.7 Å². The summed E-state index contributed by atoms with van der Waals surface area (Å²) in [6.45, 7) is 3.05. The predicted octanol–water partition coefficient (Wildman–Crippen LogP) is 3.36. The third-order valence-electron chi connectivity index (χ3n) is 7.13. The van der Waals surface area contributed by atoms with Crippen molar-refractivity contribution in [2.75, 3.05) is 40.5 Å². The lowest BCUT2D eigenvalue weighted by molar-refractivity contribution is -0.132. The summed E-state index contributed by atoms with van der Waals surface area (Å²) in [7, 11) is 2.99. The van der Waals surface area contributed by atoms with Crippen LogP contribution in [0.25, 0.3) is 11.0 Å². The number of hydrazine groups is 1. The molecule has 10 nitrogen and oxygen atoms in total. The molecule has 2 aromatic carbocycles. The van der Waals surface area contributed by atoms with Crippen LogP contribution in [0.3, 0.4) is 0 Å². The minimum absolute atomic E-state index is 0.0512. The van der Waals surface area contributed by atoms with Crippen LogP contribution < -0.4 is 5.84 Å². The topological polar surface area (TPSA) is 120 Å². The minimum Gasteiger partial charge on any atom is -0.465 e. The number of benzene rings is 2. The third kappa shape index (κ3) is 6.82. The second kappa shape index (κ2) is 13.3. The van der Waals surface area contributed by atoms with Crippen molar-refractivity contribution in [3.05, 3.63) is 65.5 Å². The number of amides is 2. The van der Waals surface area contributed by atoms with Gasteiger partial charge in [-0.15, -0.1) is 0 Å². The standard InChI is InChI=1S/C29H37N5O5/c1-38-18-8-16-33-25-13-4-3-12-24(25)31-27(33)23-11-6-15-32(20-23)26(35)14-7-17-34(30)28(36)21-9-5-10-22(19-21)29(37)39-2/h3-5,9-10,12-13,19,23H,6-8,11,14-18,20,30H2,1-2H3. The van der Waals surface area contributed by atoms with Crippen LogP contribution in [0.15, 0.2) is 48.5 Å². The quantitative estimate of drug-likeness (QED) is 0.131. The van der Waals surface area contributed by atoms with Crippen molar-refractivity contribution in [2.45, 2.75) is 44.6 Å². The number of aryl methyl sites for hydroxylation is 1. The molecule has 3 aromatic rings. The van der Waals surface area contributed by atoms with Crippen molar-refractivity contribution in [1.29, 1.82) is 0 Å². The monoisotopic (exact) mass is 535 g/mol. The smallest absolute Gasteiger partial charge is 0.337 e. The molecule has 2 heterocycles. The molecule has 1 aromatic heterocycles. The van der Waals surface area contributed by atoms with E-state index in [1.165, 1.54) is 13.2 Å². The minimum atomic E-state index is -0.524. The van der Waals surface area contributed by atoms with Crippen molar-refractivity contribution in [1.82, 2.24) is 19.5 Å². The summed E-state index contributed by atoms with van der Waals surface area (Å²) in [5, 5.41) is 1.09. The van der Waals surface area contributed by atoms with E-state index in [-0.39, 0.29) is 23.9 Å². The molecule has 1 saturated heterocycles. The fourth-order valence-corrected chi connectivity index (χ4v) is 5.15. The normalized spacial score (nSPS) is 15.4. The number of carbonyl (C=O) groups excluding carboxylic acids is 3. The lowest BCUT2D eigenvalue weighted by Gasteiger charge is -2.33. The average Bonchev–Trinajstić information content (AvgIpc) is 3.35. The van der Waals surface area contributed by atoms with Gasteiger partial charge in [0.2, 0.25) is 5.91 Å². The summed E-state index contributed by atoms with van der Waals surface area (Å²) in [5.41, 5.74) is 2.65. The Morgan fingerprint density at radius 3 is 2.67 bits per heavy atom. The number of hydrogen-bond acceptors (Lipinski definition) is 7. The average molecular weight is 536 g/mol. The number of likely N-dealkylation sites (tertiary alicyclic amines) is 1. The zero-order valence-corrected chi connectivity index (χ0v) is 22.7. The van der Waals surface area contributed by atoms with E-state index < -0.39 is 11.9 Å². The number of nitrogens with two attached hydrogens (primary N) is 1. The van der Waals surface area contributed by atoms with Gasteiger partial charge in [-0.1, -0.05) is 18.2 Å². The van der Waals surface area contributed by atoms with E-state index in [2.05, 4.69) is 10.6 Å². The maximum absolute atomic E-state index is 13.1. The second-order valence-corrected chi connectivity index (χ2v) is 9.81. The summed E-state index contributed by atoms with van der Waals surface area (Å²) in [6, 6.07) is 14.4. The first-order chi connectivity index (χ1) is 18.9. The molecule has 1 atom stereocenters. The number of hydrogen-bond donors (Lipinski definition) is 1. The largest absolute Gasteiger partial charge is 0.465 e. The second-order valence-electron chi connectivity index (χ2n) is 9.81. The van der Waals surface area contributed by atoms with Crippen molar-refractivity contribution >= 4 is 28.8 Å². The molecule has 1 aliphatic rings. The van der Waals surface area contributed by atoms with Gasteiger partial charge in [0.1, 0.15) is 5.82 Å². The Morgan fingerprint density at radius 2 is 1.87 bits per heavy atom. The molecular formula is C29H37N5O5. The predicted molar refractivity (Wildman–Crippen MR) is 147 cm³/mol. The molecule has 0 bridgehead atoms. The van der Waals surface area contributed by atoms with E-state index in [1.807, 2.05) is 23.1 Å². The highest BCUT2D eigenvalue weighted by atomic mass is 16.5. The maximum Gasteiger partial charge on any atom is 0.337 e. The number of methoxy groups -OCH3 is 2. The van der Waals surface area contributed by atoms with Gasteiger partial charge < -0.3 is 18.9 Å². The van der Waals surface area contributed by atoms with Gasteiger partial charge in [0.05, 0.1) is 23.7 Å².